The summed E-state index contributed by atoms with van der Waals surface area (Å²) >= 11 is 1.51. The van der Waals surface area contributed by atoms with E-state index in [1.165, 1.54) is 23.5 Å². The molecule has 0 amide bonds. The van der Waals surface area contributed by atoms with Crippen LogP contribution in [-0.2, 0) is 10.0 Å². The molecule has 0 aliphatic carbocycles. The third-order valence-corrected chi connectivity index (χ3v) is 7.20. The summed E-state index contributed by atoms with van der Waals surface area (Å²) in [7, 11) is -3.98. The highest BCUT2D eigenvalue weighted by Gasteiger charge is 2.21. The Morgan fingerprint density at radius 1 is 1.00 bits per heavy atom. The largest absolute Gasteiger partial charge is 0.350 e. The highest BCUT2D eigenvalue weighted by Crippen LogP contribution is 2.33. The van der Waals surface area contributed by atoms with Crippen LogP contribution in [0.25, 0.3) is 27.6 Å². The zero-order valence-corrected chi connectivity index (χ0v) is 19.3. The molecule has 1 atom stereocenters. The third-order valence-electron chi connectivity index (χ3n) is 4.98. The lowest BCUT2D eigenvalue weighted by Crippen LogP contribution is -2.36. The van der Waals surface area contributed by atoms with E-state index in [0.29, 0.717) is 5.69 Å². The minimum absolute atomic E-state index is 0.00940. The Kier molecular flexibility index (Phi) is 6.05. The number of anilines is 1. The standard InChI is InChI=1S/C23H19FN6O2S2/c24-19(29-34(31,32)17-9-5-2-6-10-17)15-26-22-25-12-11-18(27-22)21-20(16-7-3-1-4-8-16)28-23-30(21)13-14-33-23/h1-14,19,29H,15H2,(H,25,26,27). The molecule has 11 heteroatoms. The fourth-order valence-corrected chi connectivity index (χ4v) is 5.25. The predicted molar refractivity (Wildman–Crippen MR) is 130 cm³/mol. The molecular weight excluding hydrogens is 475 g/mol. The van der Waals surface area contributed by atoms with Crippen LogP contribution >= 0.6 is 11.3 Å². The monoisotopic (exact) mass is 494 g/mol. The summed E-state index contributed by atoms with van der Waals surface area (Å²) < 4.78 is 43.1. The number of imidazole rings is 1. The van der Waals surface area contributed by atoms with Crippen LogP contribution in [0.5, 0.6) is 0 Å². The van der Waals surface area contributed by atoms with E-state index in [1.807, 2.05) is 51.0 Å². The van der Waals surface area contributed by atoms with Gasteiger partial charge in [-0.3, -0.25) is 4.40 Å². The summed E-state index contributed by atoms with van der Waals surface area (Å²) in [4.78, 5) is 14.3. The van der Waals surface area contributed by atoms with Crippen molar-refractivity contribution in [3.05, 3.63) is 84.5 Å². The van der Waals surface area contributed by atoms with Crippen molar-refractivity contribution in [1.82, 2.24) is 24.1 Å². The van der Waals surface area contributed by atoms with Crippen molar-refractivity contribution < 1.29 is 12.8 Å². The van der Waals surface area contributed by atoms with Gasteiger partial charge in [-0.1, -0.05) is 48.5 Å². The number of hydrogen-bond donors (Lipinski definition) is 2. The quantitative estimate of drug-likeness (QED) is 0.314. The van der Waals surface area contributed by atoms with Crippen molar-refractivity contribution in [3.63, 3.8) is 0 Å². The molecule has 8 nitrogen and oxygen atoms in total. The molecule has 5 rings (SSSR count). The Balaban J connectivity index is 1.37. The smallest absolute Gasteiger partial charge is 0.243 e. The van der Waals surface area contributed by atoms with E-state index >= 15 is 0 Å². The summed E-state index contributed by atoms with van der Waals surface area (Å²) in [5.41, 5.74) is 3.11. The fraction of sp³-hybridized carbons (Fsp3) is 0.0870. The summed E-state index contributed by atoms with van der Waals surface area (Å²) in [6.07, 6.45) is 1.60. The molecular formula is C23H19FN6O2S2. The van der Waals surface area contributed by atoms with E-state index < -0.39 is 16.3 Å². The van der Waals surface area contributed by atoms with Gasteiger partial charge in [0.1, 0.15) is 5.69 Å². The van der Waals surface area contributed by atoms with Crippen molar-refractivity contribution in [2.75, 3.05) is 11.9 Å². The minimum Gasteiger partial charge on any atom is -0.350 e. The topological polar surface area (TPSA) is 101 Å². The van der Waals surface area contributed by atoms with Crippen molar-refractivity contribution in [1.29, 1.82) is 0 Å². The fourth-order valence-electron chi connectivity index (χ4n) is 3.46. The molecule has 0 aliphatic rings. The molecule has 34 heavy (non-hydrogen) atoms. The Morgan fingerprint density at radius 2 is 1.74 bits per heavy atom. The van der Waals surface area contributed by atoms with E-state index in [4.69, 9.17) is 4.98 Å². The molecule has 0 radical (unpaired) electrons. The van der Waals surface area contributed by atoms with Gasteiger partial charge in [-0.2, -0.15) is 4.72 Å². The number of rotatable bonds is 8. The van der Waals surface area contributed by atoms with Gasteiger partial charge in [-0.05, 0) is 18.2 Å². The van der Waals surface area contributed by atoms with E-state index in [9.17, 15) is 12.8 Å². The maximum absolute atomic E-state index is 14.5. The van der Waals surface area contributed by atoms with Crippen LogP contribution in [0.15, 0.2) is 89.4 Å². The molecule has 172 valence electrons. The van der Waals surface area contributed by atoms with Crippen LogP contribution in [0.1, 0.15) is 0 Å². The first-order valence-corrected chi connectivity index (χ1v) is 12.7. The molecule has 0 fully saturated rings. The van der Waals surface area contributed by atoms with Crippen molar-refractivity contribution in [2.45, 2.75) is 11.2 Å². The maximum Gasteiger partial charge on any atom is 0.243 e. The number of nitrogens with zero attached hydrogens (tertiary/aromatic N) is 4. The van der Waals surface area contributed by atoms with Crippen LogP contribution in [0.2, 0.25) is 0 Å². The molecule has 0 saturated heterocycles. The Morgan fingerprint density at radius 3 is 2.50 bits per heavy atom. The SMILES string of the molecule is O=S(=O)(NC(F)CNc1nccc(-c2c(-c3ccccc3)nc3sccn23)n1)c1ccccc1. The van der Waals surface area contributed by atoms with E-state index in [0.717, 1.165) is 21.9 Å². The first-order valence-electron chi connectivity index (χ1n) is 10.3. The van der Waals surface area contributed by atoms with Gasteiger partial charge in [0.2, 0.25) is 16.0 Å². The van der Waals surface area contributed by atoms with E-state index in [1.54, 1.807) is 30.5 Å². The summed E-state index contributed by atoms with van der Waals surface area (Å²) in [5, 5.41) is 4.71. The highest BCUT2D eigenvalue weighted by atomic mass is 32.2. The van der Waals surface area contributed by atoms with Crippen LogP contribution in [0, 0.1) is 0 Å². The number of hydrogen-bond acceptors (Lipinski definition) is 7. The van der Waals surface area contributed by atoms with Crippen molar-refractivity contribution >= 4 is 32.3 Å². The number of sulfonamides is 1. The van der Waals surface area contributed by atoms with Crippen LogP contribution in [-0.4, -0.2) is 40.6 Å². The third kappa shape index (κ3) is 4.53. The molecule has 0 saturated carbocycles. The molecule has 3 aromatic heterocycles. The predicted octanol–water partition coefficient (Wildman–Crippen LogP) is 4.21. The number of thiazole rings is 1. The van der Waals surface area contributed by atoms with Gasteiger partial charge in [-0.25, -0.2) is 27.8 Å². The lowest BCUT2D eigenvalue weighted by atomic mass is 10.1. The molecule has 0 bridgehead atoms. The van der Waals surface area contributed by atoms with Crippen LogP contribution in [0.4, 0.5) is 10.3 Å². The summed E-state index contributed by atoms with van der Waals surface area (Å²) in [6, 6.07) is 19.2. The average Bonchev–Trinajstić information content (AvgIpc) is 3.45. The molecule has 0 aliphatic heterocycles. The van der Waals surface area contributed by atoms with Gasteiger partial charge in [0.05, 0.1) is 22.8 Å². The second-order valence-corrected chi connectivity index (χ2v) is 9.87. The van der Waals surface area contributed by atoms with Crippen molar-refractivity contribution in [3.8, 4) is 22.6 Å². The number of nitrogens with one attached hydrogen (secondary N) is 2. The average molecular weight is 495 g/mol. The lowest BCUT2D eigenvalue weighted by molar-refractivity contribution is 0.329. The lowest BCUT2D eigenvalue weighted by Gasteiger charge is -2.13. The highest BCUT2D eigenvalue weighted by molar-refractivity contribution is 7.89. The van der Waals surface area contributed by atoms with Gasteiger partial charge in [-0.15, -0.1) is 11.3 Å². The minimum atomic E-state index is -3.98. The zero-order chi connectivity index (χ0) is 23.5. The maximum atomic E-state index is 14.5. The number of aromatic nitrogens is 4. The van der Waals surface area contributed by atoms with Gasteiger partial charge < -0.3 is 5.32 Å². The Bertz CT molecular complexity index is 1520. The van der Waals surface area contributed by atoms with Gasteiger partial charge in [0.25, 0.3) is 0 Å². The van der Waals surface area contributed by atoms with Crippen LogP contribution < -0.4 is 10.0 Å². The molecule has 2 N–H and O–H groups in total. The summed E-state index contributed by atoms with van der Waals surface area (Å²) in [6.45, 7) is -0.346. The second-order valence-electron chi connectivity index (χ2n) is 7.28. The first-order chi connectivity index (χ1) is 16.5. The van der Waals surface area contributed by atoms with E-state index in [-0.39, 0.29) is 17.4 Å². The molecule has 1 unspecified atom stereocenters. The zero-order valence-electron chi connectivity index (χ0n) is 17.7. The van der Waals surface area contributed by atoms with Gasteiger partial charge in [0, 0.05) is 23.3 Å². The molecule has 2 aromatic carbocycles. The number of halogens is 1. The first kappa shape index (κ1) is 22.1. The van der Waals surface area contributed by atoms with Gasteiger partial charge in [0.15, 0.2) is 11.3 Å². The number of fused-ring (bicyclic) bond motifs is 1. The summed E-state index contributed by atoms with van der Waals surface area (Å²) in [5.74, 6) is 0.170. The number of benzene rings is 2. The number of alkyl halides is 1. The molecule has 5 aromatic rings. The second kappa shape index (κ2) is 9.29. The van der Waals surface area contributed by atoms with E-state index in [2.05, 4.69) is 15.3 Å². The van der Waals surface area contributed by atoms with Gasteiger partial charge >= 0.3 is 0 Å². The Hall–Kier alpha value is -3.67. The molecule has 0 spiro atoms. The van der Waals surface area contributed by atoms with Crippen LogP contribution in [0.3, 0.4) is 0 Å². The normalized spacial score (nSPS) is 12.6. The van der Waals surface area contributed by atoms with Crippen molar-refractivity contribution in [2.24, 2.45) is 0 Å². The molecule has 3 heterocycles. The Labute approximate surface area is 199 Å².